The molecule has 0 atom stereocenters. The molecule has 2 aromatic rings. The first-order valence-corrected chi connectivity index (χ1v) is 7.14. The van der Waals surface area contributed by atoms with Gasteiger partial charge in [0.05, 0.1) is 5.56 Å². The molecule has 0 aliphatic heterocycles. The van der Waals surface area contributed by atoms with Gasteiger partial charge in [-0.05, 0) is 31.5 Å². The number of anilines is 1. The fourth-order valence-electron chi connectivity index (χ4n) is 1.99. The molecule has 0 spiro atoms. The van der Waals surface area contributed by atoms with Gasteiger partial charge in [0, 0.05) is 17.6 Å². The molecule has 106 valence electrons. The lowest BCUT2D eigenvalue weighted by Gasteiger charge is -2.08. The number of hydrogen-bond donors (Lipinski definition) is 2. The summed E-state index contributed by atoms with van der Waals surface area (Å²) >= 11 is 1.27. The van der Waals surface area contributed by atoms with Gasteiger partial charge in [0.2, 0.25) is 0 Å². The number of aryl methyl sites for hydroxylation is 2. The second-order valence-corrected chi connectivity index (χ2v) is 5.70. The summed E-state index contributed by atoms with van der Waals surface area (Å²) in [6, 6.07) is 5.10. The Morgan fingerprint density at radius 1 is 1.45 bits per heavy atom. The predicted octanol–water partition coefficient (Wildman–Crippen LogP) is 3.22. The maximum atomic E-state index is 12.2. The summed E-state index contributed by atoms with van der Waals surface area (Å²) in [5, 5.41) is 12.2. The van der Waals surface area contributed by atoms with Crippen molar-refractivity contribution in [3.8, 4) is 0 Å². The SMILES string of the molecule is CCCn1cccc1C(=O)Nc1sc(C)cc1C(=O)O. The van der Waals surface area contributed by atoms with Crippen molar-refractivity contribution in [1.82, 2.24) is 4.57 Å². The Morgan fingerprint density at radius 3 is 2.85 bits per heavy atom. The van der Waals surface area contributed by atoms with Gasteiger partial charge in [-0.2, -0.15) is 0 Å². The second-order valence-electron chi connectivity index (χ2n) is 4.45. The van der Waals surface area contributed by atoms with Crippen molar-refractivity contribution in [2.24, 2.45) is 0 Å². The molecule has 0 fully saturated rings. The Bertz CT molecular complexity index is 643. The number of nitrogens with one attached hydrogen (secondary N) is 1. The normalized spacial score (nSPS) is 10.5. The summed E-state index contributed by atoms with van der Waals surface area (Å²) in [5.74, 6) is -1.32. The highest BCUT2D eigenvalue weighted by molar-refractivity contribution is 7.16. The zero-order chi connectivity index (χ0) is 14.7. The lowest BCUT2D eigenvalue weighted by atomic mass is 10.3. The lowest BCUT2D eigenvalue weighted by molar-refractivity contribution is 0.0698. The highest BCUT2D eigenvalue weighted by Gasteiger charge is 2.18. The van der Waals surface area contributed by atoms with Crippen molar-refractivity contribution >= 4 is 28.2 Å². The largest absolute Gasteiger partial charge is 0.478 e. The maximum Gasteiger partial charge on any atom is 0.338 e. The Kier molecular flexibility index (Phi) is 4.24. The molecule has 1 amide bonds. The zero-order valence-corrected chi connectivity index (χ0v) is 12.2. The van der Waals surface area contributed by atoms with Gasteiger partial charge in [-0.1, -0.05) is 6.92 Å². The first-order chi connectivity index (χ1) is 9.52. The van der Waals surface area contributed by atoms with Crippen LogP contribution in [0.5, 0.6) is 0 Å². The number of amides is 1. The van der Waals surface area contributed by atoms with Gasteiger partial charge >= 0.3 is 5.97 Å². The van der Waals surface area contributed by atoms with Gasteiger partial charge in [-0.25, -0.2) is 4.79 Å². The molecule has 2 rings (SSSR count). The predicted molar refractivity (Wildman–Crippen MR) is 78.7 cm³/mol. The van der Waals surface area contributed by atoms with Gasteiger partial charge in [0.1, 0.15) is 10.7 Å². The van der Waals surface area contributed by atoms with Crippen LogP contribution in [0.1, 0.15) is 39.1 Å². The minimum absolute atomic E-state index is 0.134. The van der Waals surface area contributed by atoms with Gasteiger partial charge in [-0.3, -0.25) is 4.79 Å². The van der Waals surface area contributed by atoms with Crippen molar-refractivity contribution in [2.75, 3.05) is 5.32 Å². The molecule has 20 heavy (non-hydrogen) atoms. The average molecular weight is 292 g/mol. The Labute approximate surface area is 120 Å². The highest BCUT2D eigenvalue weighted by atomic mass is 32.1. The molecular formula is C14H16N2O3S. The van der Waals surface area contributed by atoms with Gasteiger partial charge in [0.25, 0.3) is 5.91 Å². The fraction of sp³-hybridized carbons (Fsp3) is 0.286. The third kappa shape index (κ3) is 2.91. The molecule has 0 saturated carbocycles. The van der Waals surface area contributed by atoms with Gasteiger partial charge < -0.3 is 15.0 Å². The van der Waals surface area contributed by atoms with Crippen molar-refractivity contribution in [3.63, 3.8) is 0 Å². The number of hydrogen-bond acceptors (Lipinski definition) is 3. The molecule has 0 bridgehead atoms. The molecule has 2 heterocycles. The van der Waals surface area contributed by atoms with Crippen LogP contribution in [0.4, 0.5) is 5.00 Å². The molecule has 0 saturated heterocycles. The molecule has 0 aliphatic rings. The van der Waals surface area contributed by atoms with E-state index in [0.717, 1.165) is 17.8 Å². The average Bonchev–Trinajstić information content (AvgIpc) is 2.96. The highest BCUT2D eigenvalue weighted by Crippen LogP contribution is 2.28. The Balaban J connectivity index is 2.23. The molecule has 0 aliphatic carbocycles. The third-order valence-corrected chi connectivity index (χ3v) is 3.81. The van der Waals surface area contributed by atoms with Crippen LogP contribution >= 0.6 is 11.3 Å². The van der Waals surface area contributed by atoms with Crippen LogP contribution in [-0.4, -0.2) is 21.6 Å². The minimum atomic E-state index is -1.03. The third-order valence-electron chi connectivity index (χ3n) is 2.84. The number of aromatic carboxylic acids is 1. The molecule has 6 heteroatoms. The van der Waals surface area contributed by atoms with E-state index in [-0.39, 0.29) is 11.5 Å². The van der Waals surface area contributed by atoms with Crippen LogP contribution in [0.3, 0.4) is 0 Å². The van der Waals surface area contributed by atoms with Crippen LogP contribution in [-0.2, 0) is 6.54 Å². The number of carboxylic acid groups (broad SMARTS) is 1. The Hall–Kier alpha value is -2.08. The first kappa shape index (κ1) is 14.3. The van der Waals surface area contributed by atoms with E-state index in [2.05, 4.69) is 5.32 Å². The number of nitrogens with zero attached hydrogens (tertiary/aromatic N) is 1. The van der Waals surface area contributed by atoms with Crippen molar-refractivity contribution < 1.29 is 14.7 Å². The van der Waals surface area contributed by atoms with E-state index in [0.29, 0.717) is 10.7 Å². The minimum Gasteiger partial charge on any atom is -0.478 e. The van der Waals surface area contributed by atoms with E-state index >= 15 is 0 Å². The molecule has 2 N–H and O–H groups in total. The second kappa shape index (κ2) is 5.92. The van der Waals surface area contributed by atoms with Crippen molar-refractivity contribution in [1.29, 1.82) is 0 Å². The number of carboxylic acids is 1. The number of aromatic nitrogens is 1. The van der Waals surface area contributed by atoms with Crippen LogP contribution < -0.4 is 5.32 Å². The summed E-state index contributed by atoms with van der Waals surface area (Å²) in [7, 11) is 0. The topological polar surface area (TPSA) is 71.3 Å². The number of carbonyl (C=O) groups is 2. The monoisotopic (exact) mass is 292 g/mol. The molecule has 0 radical (unpaired) electrons. The quantitative estimate of drug-likeness (QED) is 0.888. The molecule has 0 unspecified atom stereocenters. The summed E-state index contributed by atoms with van der Waals surface area (Å²) in [6.07, 6.45) is 2.77. The van der Waals surface area contributed by atoms with Crippen molar-refractivity contribution in [2.45, 2.75) is 26.8 Å². The Morgan fingerprint density at radius 2 is 2.20 bits per heavy atom. The maximum absolute atomic E-state index is 12.2. The fourth-order valence-corrected chi connectivity index (χ4v) is 2.89. The van der Waals surface area contributed by atoms with Crippen LogP contribution in [0.2, 0.25) is 0 Å². The molecular weight excluding hydrogens is 276 g/mol. The lowest BCUT2D eigenvalue weighted by Crippen LogP contribution is -2.17. The van der Waals surface area contributed by atoms with Crippen LogP contribution in [0.15, 0.2) is 24.4 Å². The molecule has 2 aromatic heterocycles. The van der Waals surface area contributed by atoms with Crippen molar-refractivity contribution in [3.05, 3.63) is 40.5 Å². The van der Waals surface area contributed by atoms with Crippen LogP contribution in [0.25, 0.3) is 0 Å². The number of carbonyl (C=O) groups excluding carboxylic acids is 1. The standard InChI is InChI=1S/C14H16N2O3S/c1-3-6-16-7-4-5-11(16)12(17)15-13-10(14(18)19)8-9(2)20-13/h4-5,7-8H,3,6H2,1-2H3,(H,15,17)(H,18,19). The summed E-state index contributed by atoms with van der Waals surface area (Å²) in [6.45, 7) is 4.60. The summed E-state index contributed by atoms with van der Waals surface area (Å²) in [5.41, 5.74) is 0.670. The van der Waals surface area contributed by atoms with E-state index in [4.69, 9.17) is 5.11 Å². The summed E-state index contributed by atoms with van der Waals surface area (Å²) < 4.78 is 1.86. The van der Waals surface area contributed by atoms with E-state index in [9.17, 15) is 9.59 Å². The smallest absolute Gasteiger partial charge is 0.338 e. The van der Waals surface area contributed by atoms with E-state index in [1.54, 1.807) is 12.1 Å². The molecule has 0 aromatic carbocycles. The van der Waals surface area contributed by atoms with E-state index < -0.39 is 5.97 Å². The van der Waals surface area contributed by atoms with Crippen LogP contribution in [0, 0.1) is 6.92 Å². The van der Waals surface area contributed by atoms with E-state index in [1.165, 1.54) is 11.3 Å². The van der Waals surface area contributed by atoms with E-state index in [1.807, 2.05) is 30.7 Å². The zero-order valence-electron chi connectivity index (χ0n) is 11.3. The summed E-state index contributed by atoms with van der Waals surface area (Å²) in [4.78, 5) is 24.2. The molecule has 5 nitrogen and oxygen atoms in total. The first-order valence-electron chi connectivity index (χ1n) is 6.33. The number of rotatable bonds is 5. The van der Waals surface area contributed by atoms with Gasteiger partial charge in [-0.15, -0.1) is 11.3 Å². The van der Waals surface area contributed by atoms with Gasteiger partial charge in [0.15, 0.2) is 0 Å². The number of thiophene rings is 1.